The molecule has 2 unspecified atom stereocenters. The van der Waals surface area contributed by atoms with Gasteiger partial charge in [0.15, 0.2) is 0 Å². The fourth-order valence-corrected chi connectivity index (χ4v) is 3.15. The van der Waals surface area contributed by atoms with E-state index in [9.17, 15) is 0 Å². The van der Waals surface area contributed by atoms with E-state index in [4.69, 9.17) is 0 Å². The molecule has 2 aliphatic carbocycles. The lowest BCUT2D eigenvalue weighted by Gasteiger charge is -2.21. The van der Waals surface area contributed by atoms with Crippen LogP contribution in [0.25, 0.3) is 0 Å². The first-order valence-electron chi connectivity index (χ1n) is 6.04. The first-order valence-corrected chi connectivity index (χ1v) is 6.04. The maximum absolute atomic E-state index is 2.62. The molecule has 3 rings (SSSR count). The second-order valence-electron chi connectivity index (χ2n) is 4.92. The number of fused-ring (bicyclic) bond motifs is 1. The molecule has 1 fully saturated rings. The average Bonchev–Trinajstić information content (AvgIpc) is 2.86. The van der Waals surface area contributed by atoms with E-state index in [-0.39, 0.29) is 0 Å². The number of allylic oxidation sites excluding steroid dienone is 4. The van der Waals surface area contributed by atoms with Gasteiger partial charge in [0.1, 0.15) is 0 Å². The Balaban J connectivity index is 1.72. The summed E-state index contributed by atoms with van der Waals surface area (Å²) in [7, 11) is 0. The number of hydrogen-bond acceptors (Lipinski definition) is 1. The topological polar surface area (TPSA) is 3.24 Å². The highest BCUT2D eigenvalue weighted by Crippen LogP contribution is 2.40. The van der Waals surface area contributed by atoms with Crippen LogP contribution in [0.1, 0.15) is 32.1 Å². The first-order chi connectivity index (χ1) is 6.93. The van der Waals surface area contributed by atoms with Gasteiger partial charge < -0.3 is 4.90 Å². The summed E-state index contributed by atoms with van der Waals surface area (Å²) in [5.74, 6) is 1.81. The zero-order valence-corrected chi connectivity index (χ0v) is 8.78. The summed E-state index contributed by atoms with van der Waals surface area (Å²) >= 11 is 0. The van der Waals surface area contributed by atoms with Crippen molar-refractivity contribution in [2.24, 2.45) is 11.8 Å². The zero-order valence-electron chi connectivity index (χ0n) is 8.78. The highest BCUT2D eigenvalue weighted by molar-refractivity contribution is 5.17. The normalized spacial score (nSPS) is 36.0. The summed E-state index contributed by atoms with van der Waals surface area (Å²) in [6, 6.07) is 0. The largest absolute Gasteiger partial charge is 0.375 e. The minimum Gasteiger partial charge on any atom is -0.375 e. The van der Waals surface area contributed by atoms with Gasteiger partial charge in [-0.25, -0.2) is 0 Å². The summed E-state index contributed by atoms with van der Waals surface area (Å²) in [5.41, 5.74) is 1.67. The molecular weight excluding hydrogens is 170 g/mol. The van der Waals surface area contributed by atoms with Crippen molar-refractivity contribution in [1.29, 1.82) is 0 Å². The number of likely N-dealkylation sites (tertiary alicyclic amines) is 1. The zero-order chi connectivity index (χ0) is 9.38. The van der Waals surface area contributed by atoms with Crippen LogP contribution in [0.3, 0.4) is 0 Å². The van der Waals surface area contributed by atoms with Gasteiger partial charge in [-0.15, -0.1) is 0 Å². The third-order valence-corrected chi connectivity index (χ3v) is 4.01. The van der Waals surface area contributed by atoms with E-state index in [0.717, 1.165) is 11.8 Å². The predicted octanol–water partition coefficient (Wildman–Crippen LogP) is 2.95. The summed E-state index contributed by atoms with van der Waals surface area (Å²) in [6.45, 7) is 2.64. The molecule has 0 spiro atoms. The lowest BCUT2D eigenvalue weighted by molar-refractivity contribution is 0.370. The molecule has 0 aromatic rings. The monoisotopic (exact) mass is 189 g/mol. The molecule has 2 atom stereocenters. The fraction of sp³-hybridized carbons (Fsp3) is 0.692. The molecule has 0 aromatic heterocycles. The number of hydrogen-bond donors (Lipinski definition) is 0. The molecule has 0 saturated carbocycles. The van der Waals surface area contributed by atoms with E-state index in [1.165, 1.54) is 45.2 Å². The first kappa shape index (κ1) is 8.58. The SMILES string of the molecule is C1=CCC2CC(N3CCCC3)=CC2C1. The Morgan fingerprint density at radius 2 is 1.86 bits per heavy atom. The molecule has 1 saturated heterocycles. The highest BCUT2D eigenvalue weighted by atomic mass is 15.2. The van der Waals surface area contributed by atoms with Crippen LogP contribution in [0.4, 0.5) is 0 Å². The molecule has 0 N–H and O–H groups in total. The van der Waals surface area contributed by atoms with Crippen molar-refractivity contribution in [1.82, 2.24) is 4.90 Å². The van der Waals surface area contributed by atoms with Gasteiger partial charge in [-0.1, -0.05) is 18.2 Å². The lowest BCUT2D eigenvalue weighted by atomic mass is 9.86. The molecule has 1 heterocycles. The van der Waals surface area contributed by atoms with Crippen LogP contribution in [0.5, 0.6) is 0 Å². The Morgan fingerprint density at radius 3 is 2.64 bits per heavy atom. The minimum atomic E-state index is 0.871. The third-order valence-electron chi connectivity index (χ3n) is 4.01. The second kappa shape index (κ2) is 3.45. The van der Waals surface area contributed by atoms with Crippen molar-refractivity contribution in [2.45, 2.75) is 32.1 Å². The minimum absolute atomic E-state index is 0.871. The maximum atomic E-state index is 2.62. The van der Waals surface area contributed by atoms with Crippen LogP contribution < -0.4 is 0 Å². The molecule has 0 aromatic carbocycles. The van der Waals surface area contributed by atoms with Gasteiger partial charge in [-0.3, -0.25) is 0 Å². The van der Waals surface area contributed by atoms with Crippen molar-refractivity contribution in [2.75, 3.05) is 13.1 Å². The molecular formula is C13H19N. The van der Waals surface area contributed by atoms with Gasteiger partial charge in [0, 0.05) is 18.8 Å². The summed E-state index contributed by atoms with van der Waals surface area (Å²) in [6.07, 6.45) is 14.1. The Kier molecular flexibility index (Phi) is 2.11. The number of rotatable bonds is 1. The smallest absolute Gasteiger partial charge is 0.0175 e. The number of nitrogens with zero attached hydrogens (tertiary/aromatic N) is 1. The molecule has 14 heavy (non-hydrogen) atoms. The van der Waals surface area contributed by atoms with Crippen molar-refractivity contribution in [3.05, 3.63) is 23.9 Å². The van der Waals surface area contributed by atoms with Crippen LogP contribution in [0.2, 0.25) is 0 Å². The second-order valence-corrected chi connectivity index (χ2v) is 4.92. The van der Waals surface area contributed by atoms with E-state index < -0.39 is 0 Å². The summed E-state index contributed by atoms with van der Waals surface area (Å²) in [5, 5.41) is 0. The quantitative estimate of drug-likeness (QED) is 0.573. The van der Waals surface area contributed by atoms with Gasteiger partial charge >= 0.3 is 0 Å². The predicted molar refractivity (Wildman–Crippen MR) is 58.9 cm³/mol. The van der Waals surface area contributed by atoms with E-state index in [2.05, 4.69) is 23.1 Å². The molecule has 0 radical (unpaired) electrons. The fourth-order valence-electron chi connectivity index (χ4n) is 3.15. The van der Waals surface area contributed by atoms with Gasteiger partial charge in [0.05, 0.1) is 0 Å². The van der Waals surface area contributed by atoms with E-state index in [0.29, 0.717) is 0 Å². The van der Waals surface area contributed by atoms with E-state index in [1.807, 2.05) is 0 Å². The average molecular weight is 189 g/mol. The van der Waals surface area contributed by atoms with Crippen molar-refractivity contribution in [3.63, 3.8) is 0 Å². The van der Waals surface area contributed by atoms with Crippen molar-refractivity contribution >= 4 is 0 Å². The van der Waals surface area contributed by atoms with Gasteiger partial charge in [0.25, 0.3) is 0 Å². The van der Waals surface area contributed by atoms with Crippen LogP contribution in [-0.4, -0.2) is 18.0 Å². The molecule has 0 bridgehead atoms. The van der Waals surface area contributed by atoms with E-state index in [1.54, 1.807) is 5.70 Å². The van der Waals surface area contributed by atoms with Gasteiger partial charge in [0.2, 0.25) is 0 Å². The van der Waals surface area contributed by atoms with Crippen LogP contribution >= 0.6 is 0 Å². The molecule has 1 aliphatic heterocycles. The van der Waals surface area contributed by atoms with Crippen molar-refractivity contribution < 1.29 is 0 Å². The Hall–Kier alpha value is -0.720. The standard InChI is InChI=1S/C13H19N/c1-2-6-12-10-13(9-11(12)5-1)14-7-3-4-8-14/h1-2,9,11-12H,3-8,10H2. The summed E-state index contributed by atoms with van der Waals surface area (Å²) < 4.78 is 0. The van der Waals surface area contributed by atoms with Crippen molar-refractivity contribution in [3.8, 4) is 0 Å². The highest BCUT2D eigenvalue weighted by Gasteiger charge is 2.30. The maximum Gasteiger partial charge on any atom is 0.0175 e. The molecule has 1 heteroatoms. The Bertz CT molecular complexity index is 271. The van der Waals surface area contributed by atoms with Crippen LogP contribution in [-0.2, 0) is 0 Å². The summed E-state index contributed by atoms with van der Waals surface area (Å²) in [4.78, 5) is 2.62. The van der Waals surface area contributed by atoms with Gasteiger partial charge in [-0.05, 0) is 43.9 Å². The van der Waals surface area contributed by atoms with Crippen LogP contribution in [0, 0.1) is 11.8 Å². The molecule has 1 nitrogen and oxygen atoms in total. The molecule has 0 amide bonds. The lowest BCUT2D eigenvalue weighted by Crippen LogP contribution is -2.17. The van der Waals surface area contributed by atoms with E-state index >= 15 is 0 Å². The van der Waals surface area contributed by atoms with Gasteiger partial charge in [-0.2, -0.15) is 0 Å². The molecule has 3 aliphatic rings. The van der Waals surface area contributed by atoms with Crippen LogP contribution in [0.15, 0.2) is 23.9 Å². The Labute approximate surface area is 86.5 Å². The molecule has 76 valence electrons. The Morgan fingerprint density at radius 1 is 1.07 bits per heavy atom. The third kappa shape index (κ3) is 1.39.